The molecule has 0 aliphatic heterocycles. The van der Waals surface area contributed by atoms with E-state index < -0.39 is 5.60 Å². The van der Waals surface area contributed by atoms with Gasteiger partial charge in [0.1, 0.15) is 11.9 Å². The summed E-state index contributed by atoms with van der Waals surface area (Å²) in [5.41, 5.74) is 2.35. The molecule has 0 bridgehead atoms. The average molecular weight is 282 g/mol. The Labute approximate surface area is 124 Å². The third kappa shape index (κ3) is 4.02. The lowest BCUT2D eigenvalue weighted by Gasteiger charge is -2.19. The molecule has 0 amide bonds. The van der Waals surface area contributed by atoms with E-state index in [1.807, 2.05) is 45.0 Å². The van der Waals surface area contributed by atoms with E-state index in [1.54, 1.807) is 24.3 Å². The molecule has 0 atom stereocenters. The zero-order valence-corrected chi connectivity index (χ0v) is 12.4. The lowest BCUT2D eigenvalue weighted by molar-refractivity contribution is 0.00695. The molecule has 0 aliphatic carbocycles. The van der Waals surface area contributed by atoms with E-state index in [1.165, 1.54) is 0 Å². The zero-order valence-electron chi connectivity index (χ0n) is 12.4. The predicted octanol–water partition coefficient (Wildman–Crippen LogP) is 4.12. The van der Waals surface area contributed by atoms with Gasteiger partial charge in [0.15, 0.2) is 0 Å². The van der Waals surface area contributed by atoms with Crippen LogP contribution in [0.5, 0.6) is 0 Å². The summed E-state index contributed by atoms with van der Waals surface area (Å²) in [6.45, 7) is 5.51. The lowest BCUT2D eigenvalue weighted by atomic mass is 10.0. The van der Waals surface area contributed by atoms with Gasteiger partial charge in [0.05, 0.1) is 5.56 Å². The van der Waals surface area contributed by atoms with Crippen molar-refractivity contribution in [2.75, 3.05) is 0 Å². The second kappa shape index (κ2) is 5.92. The molecule has 3 nitrogen and oxygen atoms in total. The Kier molecular flexibility index (Phi) is 4.22. The highest BCUT2D eigenvalue weighted by Gasteiger charge is 2.18. The summed E-state index contributed by atoms with van der Waals surface area (Å²) in [6.07, 6.45) is 0.807. The van der Waals surface area contributed by atoms with Gasteiger partial charge in [-0.05, 0) is 50.1 Å². The number of rotatable bonds is 3. The standard InChI is InChI=1S/C18H18O3/c1-18(2,3)21-17(20)16-9-5-8-15(11-16)14-7-4-6-13(10-14)12-19/h4-12H,1-3H3. The van der Waals surface area contributed by atoms with Crippen LogP contribution in [-0.2, 0) is 4.74 Å². The van der Waals surface area contributed by atoms with Crippen molar-refractivity contribution in [2.24, 2.45) is 0 Å². The van der Waals surface area contributed by atoms with Gasteiger partial charge in [0, 0.05) is 5.56 Å². The highest BCUT2D eigenvalue weighted by molar-refractivity contribution is 5.91. The van der Waals surface area contributed by atoms with Gasteiger partial charge in [-0.25, -0.2) is 4.79 Å². The SMILES string of the molecule is CC(C)(C)OC(=O)c1cccc(-c2cccc(C=O)c2)c1. The Morgan fingerprint density at radius 2 is 1.62 bits per heavy atom. The van der Waals surface area contributed by atoms with Crippen LogP contribution in [-0.4, -0.2) is 17.9 Å². The third-order valence-electron chi connectivity index (χ3n) is 2.85. The van der Waals surface area contributed by atoms with Crippen molar-refractivity contribution in [3.63, 3.8) is 0 Å². The van der Waals surface area contributed by atoms with Gasteiger partial charge in [0.2, 0.25) is 0 Å². The fourth-order valence-electron chi connectivity index (χ4n) is 1.95. The molecular formula is C18H18O3. The first-order chi connectivity index (χ1) is 9.89. The number of ether oxygens (including phenoxy) is 1. The van der Waals surface area contributed by atoms with Gasteiger partial charge in [0.25, 0.3) is 0 Å². The van der Waals surface area contributed by atoms with Crippen LogP contribution in [0.25, 0.3) is 11.1 Å². The molecule has 0 saturated carbocycles. The van der Waals surface area contributed by atoms with E-state index in [2.05, 4.69) is 0 Å². The van der Waals surface area contributed by atoms with Gasteiger partial charge in [-0.15, -0.1) is 0 Å². The van der Waals surface area contributed by atoms with Crippen molar-refractivity contribution >= 4 is 12.3 Å². The van der Waals surface area contributed by atoms with Crippen LogP contribution in [0.4, 0.5) is 0 Å². The highest BCUT2D eigenvalue weighted by atomic mass is 16.6. The van der Waals surface area contributed by atoms with Crippen molar-refractivity contribution in [3.05, 3.63) is 59.7 Å². The smallest absolute Gasteiger partial charge is 0.338 e. The second-order valence-corrected chi connectivity index (χ2v) is 5.83. The minimum atomic E-state index is -0.523. The Bertz CT molecular complexity index is 666. The summed E-state index contributed by atoms with van der Waals surface area (Å²) in [5, 5.41) is 0. The molecule has 0 saturated heterocycles. The largest absolute Gasteiger partial charge is 0.456 e. The van der Waals surface area contributed by atoms with Crippen LogP contribution in [0.1, 0.15) is 41.5 Å². The number of carbonyl (C=O) groups excluding carboxylic acids is 2. The minimum Gasteiger partial charge on any atom is -0.456 e. The number of hydrogen-bond acceptors (Lipinski definition) is 3. The number of carbonyl (C=O) groups is 2. The summed E-state index contributed by atoms with van der Waals surface area (Å²) >= 11 is 0. The van der Waals surface area contributed by atoms with Gasteiger partial charge >= 0.3 is 5.97 Å². The first-order valence-corrected chi connectivity index (χ1v) is 6.78. The minimum absolute atomic E-state index is 0.351. The van der Waals surface area contributed by atoms with Crippen molar-refractivity contribution in [3.8, 4) is 11.1 Å². The fourth-order valence-corrected chi connectivity index (χ4v) is 1.95. The van der Waals surface area contributed by atoms with Crippen molar-refractivity contribution < 1.29 is 14.3 Å². The molecule has 2 rings (SSSR count). The van der Waals surface area contributed by atoms with E-state index in [4.69, 9.17) is 4.74 Å². The van der Waals surface area contributed by atoms with E-state index in [0.29, 0.717) is 11.1 Å². The van der Waals surface area contributed by atoms with Crippen LogP contribution in [0, 0.1) is 0 Å². The monoisotopic (exact) mass is 282 g/mol. The molecule has 3 heteroatoms. The molecule has 108 valence electrons. The van der Waals surface area contributed by atoms with Gasteiger partial charge < -0.3 is 4.74 Å². The molecule has 21 heavy (non-hydrogen) atoms. The number of benzene rings is 2. The Morgan fingerprint density at radius 1 is 1.00 bits per heavy atom. The molecule has 2 aromatic carbocycles. The van der Waals surface area contributed by atoms with E-state index >= 15 is 0 Å². The Hall–Kier alpha value is -2.42. The quantitative estimate of drug-likeness (QED) is 0.628. The third-order valence-corrected chi connectivity index (χ3v) is 2.85. The highest BCUT2D eigenvalue weighted by Crippen LogP contribution is 2.22. The van der Waals surface area contributed by atoms with Gasteiger partial charge in [-0.2, -0.15) is 0 Å². The predicted molar refractivity (Wildman–Crippen MR) is 82.4 cm³/mol. The van der Waals surface area contributed by atoms with E-state index in [0.717, 1.165) is 17.4 Å². The molecule has 0 unspecified atom stereocenters. The van der Waals surface area contributed by atoms with Crippen molar-refractivity contribution in [1.29, 1.82) is 0 Å². The molecule has 0 N–H and O–H groups in total. The van der Waals surface area contributed by atoms with E-state index in [-0.39, 0.29) is 5.97 Å². The molecule has 0 aromatic heterocycles. The molecule has 0 aliphatic rings. The summed E-state index contributed by atoms with van der Waals surface area (Å²) in [5.74, 6) is -0.351. The maximum Gasteiger partial charge on any atom is 0.338 e. The Morgan fingerprint density at radius 3 is 2.24 bits per heavy atom. The first-order valence-electron chi connectivity index (χ1n) is 6.78. The first kappa shape index (κ1) is 15.0. The molecule has 0 heterocycles. The van der Waals surface area contributed by atoms with Gasteiger partial charge in [-0.1, -0.05) is 30.3 Å². The molecular weight excluding hydrogens is 264 g/mol. The zero-order chi connectivity index (χ0) is 15.5. The normalized spacial score (nSPS) is 11.0. The number of esters is 1. The molecule has 0 spiro atoms. The lowest BCUT2D eigenvalue weighted by Crippen LogP contribution is -2.23. The molecule has 2 aromatic rings. The number of hydrogen-bond donors (Lipinski definition) is 0. The van der Waals surface area contributed by atoms with Crippen molar-refractivity contribution in [1.82, 2.24) is 0 Å². The van der Waals surface area contributed by atoms with Crippen LogP contribution in [0.3, 0.4) is 0 Å². The molecule has 0 radical (unpaired) electrons. The van der Waals surface area contributed by atoms with E-state index in [9.17, 15) is 9.59 Å². The van der Waals surface area contributed by atoms with Crippen molar-refractivity contribution in [2.45, 2.75) is 26.4 Å². The topological polar surface area (TPSA) is 43.4 Å². The molecule has 0 fully saturated rings. The summed E-state index contributed by atoms with van der Waals surface area (Å²) in [7, 11) is 0. The fraction of sp³-hybridized carbons (Fsp3) is 0.222. The van der Waals surface area contributed by atoms with Crippen LogP contribution in [0.2, 0.25) is 0 Å². The van der Waals surface area contributed by atoms with Gasteiger partial charge in [-0.3, -0.25) is 4.79 Å². The second-order valence-electron chi connectivity index (χ2n) is 5.83. The maximum absolute atomic E-state index is 12.1. The van der Waals surface area contributed by atoms with Crippen LogP contribution >= 0.6 is 0 Å². The number of aldehydes is 1. The maximum atomic E-state index is 12.1. The summed E-state index contributed by atoms with van der Waals surface area (Å²) in [6, 6.07) is 14.5. The average Bonchev–Trinajstić information content (AvgIpc) is 2.46. The van der Waals surface area contributed by atoms with Crippen LogP contribution < -0.4 is 0 Å². The summed E-state index contributed by atoms with van der Waals surface area (Å²) < 4.78 is 5.36. The van der Waals surface area contributed by atoms with Crippen LogP contribution in [0.15, 0.2) is 48.5 Å². The Balaban J connectivity index is 2.33. The summed E-state index contributed by atoms with van der Waals surface area (Å²) in [4.78, 5) is 22.9.